The lowest BCUT2D eigenvalue weighted by Gasteiger charge is -2.34. The van der Waals surface area contributed by atoms with Gasteiger partial charge in [0.1, 0.15) is 0 Å². The van der Waals surface area contributed by atoms with Crippen LogP contribution in [0.15, 0.2) is 24.5 Å². The number of anilines is 1. The Kier molecular flexibility index (Phi) is 6.36. The average molecular weight is 475 g/mol. The first-order valence-electron chi connectivity index (χ1n) is 9.44. The number of benzene rings is 1. The summed E-state index contributed by atoms with van der Waals surface area (Å²) >= 11 is 12.2. The van der Waals surface area contributed by atoms with E-state index >= 15 is 0 Å². The molecule has 1 fully saturated rings. The van der Waals surface area contributed by atoms with Crippen LogP contribution in [0.2, 0.25) is 10.0 Å². The number of hydrogen-bond acceptors (Lipinski definition) is 6. The molecule has 0 bridgehead atoms. The van der Waals surface area contributed by atoms with Crippen LogP contribution in [0.5, 0.6) is 17.2 Å². The van der Waals surface area contributed by atoms with Crippen LogP contribution in [0.3, 0.4) is 0 Å². The number of fused-ring (bicyclic) bond motifs is 1. The minimum absolute atomic E-state index is 0.0142. The van der Waals surface area contributed by atoms with Crippen molar-refractivity contribution in [2.24, 2.45) is 5.41 Å². The van der Waals surface area contributed by atoms with E-state index < -0.39 is 12.5 Å². The molecule has 0 unspecified atom stereocenters. The van der Waals surface area contributed by atoms with Crippen molar-refractivity contribution in [3.05, 3.63) is 40.1 Å². The summed E-state index contributed by atoms with van der Waals surface area (Å²) in [6.45, 7) is -1.54. The Balaban J connectivity index is 1.69. The van der Waals surface area contributed by atoms with Gasteiger partial charge in [0.2, 0.25) is 5.75 Å². The van der Waals surface area contributed by atoms with Gasteiger partial charge < -0.3 is 24.3 Å². The highest BCUT2D eigenvalue weighted by atomic mass is 35.5. The Bertz CT molecular complexity index is 966. The summed E-state index contributed by atoms with van der Waals surface area (Å²) in [7, 11) is 0. The predicted molar refractivity (Wildman–Crippen MR) is 109 cm³/mol. The third-order valence-corrected chi connectivity index (χ3v) is 5.80. The van der Waals surface area contributed by atoms with Crippen molar-refractivity contribution in [3.8, 4) is 17.2 Å². The van der Waals surface area contributed by atoms with Crippen LogP contribution in [0, 0.1) is 5.41 Å². The maximum Gasteiger partial charge on any atom is 0.387 e. The van der Waals surface area contributed by atoms with Gasteiger partial charge in [-0.1, -0.05) is 23.2 Å². The fraction of sp³-hybridized carbons (Fsp3) is 0.400. The van der Waals surface area contributed by atoms with Crippen LogP contribution < -0.4 is 19.5 Å². The molecule has 31 heavy (non-hydrogen) atoms. The quantitative estimate of drug-likeness (QED) is 0.684. The van der Waals surface area contributed by atoms with Crippen LogP contribution >= 0.6 is 23.2 Å². The average Bonchev–Trinajstić information content (AvgIpc) is 2.92. The molecule has 0 saturated carbocycles. The van der Waals surface area contributed by atoms with Crippen LogP contribution in [-0.2, 0) is 4.74 Å². The highest BCUT2D eigenvalue weighted by Crippen LogP contribution is 2.46. The second-order valence-electron chi connectivity index (χ2n) is 7.27. The molecule has 1 aromatic heterocycles. The van der Waals surface area contributed by atoms with Gasteiger partial charge in [0, 0.05) is 31.0 Å². The Hall–Kier alpha value is -2.36. The van der Waals surface area contributed by atoms with E-state index in [0.29, 0.717) is 26.1 Å². The molecule has 2 aliphatic heterocycles. The summed E-state index contributed by atoms with van der Waals surface area (Å²) in [5, 5.41) is 2.89. The fourth-order valence-corrected chi connectivity index (χ4v) is 3.95. The zero-order valence-electron chi connectivity index (χ0n) is 16.1. The number of alkyl halides is 2. The number of pyridine rings is 1. The van der Waals surface area contributed by atoms with Gasteiger partial charge >= 0.3 is 6.61 Å². The summed E-state index contributed by atoms with van der Waals surface area (Å²) in [6.07, 6.45) is 4.01. The maximum atomic E-state index is 13.0. The van der Waals surface area contributed by atoms with Gasteiger partial charge in [0.15, 0.2) is 11.5 Å². The molecule has 2 aromatic rings. The lowest BCUT2D eigenvalue weighted by atomic mass is 9.82. The topological polar surface area (TPSA) is 78.9 Å². The molecule has 1 saturated heterocycles. The molecule has 2 aliphatic rings. The van der Waals surface area contributed by atoms with Crippen molar-refractivity contribution in [3.63, 3.8) is 0 Å². The first-order chi connectivity index (χ1) is 14.9. The zero-order valence-corrected chi connectivity index (χ0v) is 17.6. The van der Waals surface area contributed by atoms with E-state index in [9.17, 15) is 13.6 Å². The normalized spacial score (nSPS) is 17.3. The van der Waals surface area contributed by atoms with E-state index in [1.807, 2.05) is 0 Å². The van der Waals surface area contributed by atoms with E-state index in [2.05, 4.69) is 15.0 Å². The molecule has 1 N–H and O–H groups in total. The van der Waals surface area contributed by atoms with Crippen molar-refractivity contribution in [1.82, 2.24) is 4.98 Å². The third kappa shape index (κ3) is 4.63. The summed E-state index contributed by atoms with van der Waals surface area (Å²) in [4.78, 5) is 16.8. The molecule has 0 aliphatic carbocycles. The van der Waals surface area contributed by atoms with E-state index in [-0.39, 0.29) is 57.2 Å². The van der Waals surface area contributed by atoms with Crippen molar-refractivity contribution >= 4 is 34.8 Å². The smallest absolute Gasteiger partial charge is 0.387 e. The molecule has 1 amide bonds. The predicted octanol–water partition coefficient (Wildman–Crippen LogP) is 4.81. The SMILES string of the molecule is O=C(Nc1c(Cl)cncc1Cl)c1ccc(OC(F)F)c2c1OCC1(CCOCC1)CO2. The second-order valence-corrected chi connectivity index (χ2v) is 8.08. The Labute approximate surface area is 186 Å². The van der Waals surface area contributed by atoms with Crippen LogP contribution in [0.4, 0.5) is 14.5 Å². The molecule has 4 rings (SSSR count). The van der Waals surface area contributed by atoms with E-state index in [0.717, 1.165) is 0 Å². The highest BCUT2D eigenvalue weighted by molar-refractivity contribution is 6.39. The van der Waals surface area contributed by atoms with E-state index in [4.69, 9.17) is 37.4 Å². The van der Waals surface area contributed by atoms with Crippen LogP contribution in [-0.4, -0.2) is 43.9 Å². The molecule has 166 valence electrons. The summed E-state index contributed by atoms with van der Waals surface area (Å²) in [5.41, 5.74) is -0.129. The van der Waals surface area contributed by atoms with E-state index in [1.165, 1.54) is 24.5 Å². The second kappa shape index (κ2) is 9.02. The van der Waals surface area contributed by atoms with Crippen molar-refractivity contribution in [2.45, 2.75) is 19.5 Å². The van der Waals surface area contributed by atoms with Gasteiger partial charge in [-0.3, -0.25) is 9.78 Å². The van der Waals surface area contributed by atoms with Gasteiger partial charge in [0.05, 0.1) is 34.5 Å². The molecule has 3 heterocycles. The number of ether oxygens (including phenoxy) is 4. The van der Waals surface area contributed by atoms with Crippen molar-refractivity contribution in [2.75, 3.05) is 31.7 Å². The van der Waals surface area contributed by atoms with E-state index in [1.54, 1.807) is 0 Å². The molecule has 7 nitrogen and oxygen atoms in total. The minimum atomic E-state index is -3.07. The molecule has 11 heteroatoms. The van der Waals surface area contributed by atoms with Crippen molar-refractivity contribution in [1.29, 1.82) is 0 Å². The standard InChI is InChI=1S/C20H18Cl2F2N2O5/c21-12-7-25-8-13(22)15(12)26-18(27)11-1-2-14(31-19(23)24)17-16(11)29-9-20(10-30-17)3-5-28-6-4-20/h1-2,7-8,19H,3-6,9-10H2,(H,25,26,27). The lowest BCUT2D eigenvalue weighted by Crippen LogP contribution is -2.39. The Morgan fingerprint density at radius 1 is 1.10 bits per heavy atom. The molecule has 1 spiro atoms. The van der Waals surface area contributed by atoms with Gasteiger partial charge in [-0.2, -0.15) is 8.78 Å². The van der Waals surface area contributed by atoms with Crippen molar-refractivity contribution < 1.29 is 32.5 Å². The number of nitrogens with zero attached hydrogens (tertiary/aromatic N) is 1. The van der Waals surface area contributed by atoms with Crippen LogP contribution in [0.25, 0.3) is 0 Å². The number of carbonyl (C=O) groups excluding carboxylic acids is 1. The summed E-state index contributed by atoms with van der Waals surface area (Å²) in [6, 6.07) is 2.56. The molecule has 0 atom stereocenters. The number of rotatable bonds is 4. The number of aromatic nitrogens is 1. The number of halogens is 4. The Morgan fingerprint density at radius 2 is 1.74 bits per heavy atom. The summed E-state index contributed by atoms with van der Waals surface area (Å²) in [5.74, 6) is -0.865. The monoisotopic (exact) mass is 474 g/mol. The number of hydrogen-bond donors (Lipinski definition) is 1. The maximum absolute atomic E-state index is 13.0. The molecule has 0 radical (unpaired) electrons. The van der Waals surface area contributed by atoms with Crippen LogP contribution in [0.1, 0.15) is 23.2 Å². The largest absolute Gasteiger partial charge is 0.488 e. The third-order valence-electron chi connectivity index (χ3n) is 5.23. The number of carbonyl (C=O) groups is 1. The Morgan fingerprint density at radius 3 is 2.39 bits per heavy atom. The van der Waals surface area contributed by atoms with Gasteiger partial charge in [0.25, 0.3) is 5.91 Å². The highest BCUT2D eigenvalue weighted by Gasteiger charge is 2.39. The molecule has 1 aromatic carbocycles. The molecular weight excluding hydrogens is 457 g/mol. The first kappa shape index (κ1) is 21.9. The zero-order chi connectivity index (χ0) is 22.0. The number of nitrogens with one attached hydrogen (secondary N) is 1. The minimum Gasteiger partial charge on any atom is -0.488 e. The number of amides is 1. The van der Waals surface area contributed by atoms with Gasteiger partial charge in [-0.15, -0.1) is 0 Å². The fourth-order valence-electron chi connectivity index (χ4n) is 3.49. The lowest BCUT2D eigenvalue weighted by molar-refractivity contribution is -0.0526. The molecular formula is C20H18Cl2F2N2O5. The van der Waals surface area contributed by atoms with Gasteiger partial charge in [-0.05, 0) is 25.0 Å². The van der Waals surface area contributed by atoms with Gasteiger partial charge in [-0.25, -0.2) is 0 Å². The summed E-state index contributed by atoms with van der Waals surface area (Å²) < 4.78 is 47.7. The first-order valence-corrected chi connectivity index (χ1v) is 10.2.